The van der Waals surface area contributed by atoms with E-state index in [0.717, 1.165) is 0 Å². The van der Waals surface area contributed by atoms with Crippen LogP contribution in [0, 0.1) is 5.82 Å². The molecule has 72 valence electrons. The van der Waals surface area contributed by atoms with E-state index in [0.29, 0.717) is 6.61 Å². The Labute approximate surface area is 84.9 Å². The van der Waals surface area contributed by atoms with Crippen molar-refractivity contribution in [2.45, 2.75) is 13.5 Å². The van der Waals surface area contributed by atoms with Crippen molar-refractivity contribution in [3.05, 3.63) is 21.9 Å². The molecule has 0 N–H and O–H groups in total. The third-order valence-electron chi connectivity index (χ3n) is 1.25. The summed E-state index contributed by atoms with van der Waals surface area (Å²) in [5.74, 6) is -0.526. The molecule has 6 heteroatoms. The Hall–Kier alpha value is -0.450. The number of ether oxygens (including phenoxy) is 1. The van der Waals surface area contributed by atoms with Gasteiger partial charge in [-0.2, -0.15) is 0 Å². The molecule has 0 aliphatic rings. The first-order valence-electron chi connectivity index (χ1n) is 3.60. The number of rotatable bonds is 3. The average Bonchev–Trinajstić information content (AvgIpc) is 2.10. The Morgan fingerprint density at radius 1 is 1.31 bits per heavy atom. The quantitative estimate of drug-likeness (QED) is 0.741. The molecule has 0 atom stereocenters. The molecule has 0 bridgehead atoms. The van der Waals surface area contributed by atoms with E-state index in [4.69, 9.17) is 27.9 Å². The fraction of sp³-hybridized carbons (Fsp3) is 0.429. The summed E-state index contributed by atoms with van der Waals surface area (Å²) in [4.78, 5) is 7.28. The zero-order chi connectivity index (χ0) is 9.84. The molecule has 0 unspecified atom stereocenters. The topological polar surface area (TPSA) is 35.0 Å². The fourth-order valence-electron chi connectivity index (χ4n) is 0.693. The van der Waals surface area contributed by atoms with Crippen LogP contribution in [0.25, 0.3) is 0 Å². The monoisotopic (exact) mass is 224 g/mol. The highest BCUT2D eigenvalue weighted by molar-refractivity contribution is 6.33. The van der Waals surface area contributed by atoms with Crippen molar-refractivity contribution < 1.29 is 9.13 Å². The highest BCUT2D eigenvalue weighted by Gasteiger charge is 2.10. The number of aromatic nitrogens is 2. The molecule has 0 amide bonds. The van der Waals surface area contributed by atoms with E-state index in [1.54, 1.807) is 0 Å². The molecule has 13 heavy (non-hydrogen) atoms. The maximum atomic E-state index is 12.8. The van der Waals surface area contributed by atoms with Gasteiger partial charge in [0, 0.05) is 6.61 Å². The van der Waals surface area contributed by atoms with Crippen LogP contribution in [0.2, 0.25) is 10.3 Å². The Bertz CT molecular complexity index is 286. The predicted octanol–water partition coefficient (Wildman–Crippen LogP) is 2.46. The van der Waals surface area contributed by atoms with Crippen LogP contribution in [0.3, 0.4) is 0 Å². The van der Waals surface area contributed by atoms with E-state index >= 15 is 0 Å². The highest BCUT2D eigenvalue weighted by atomic mass is 35.5. The Morgan fingerprint density at radius 2 is 1.85 bits per heavy atom. The minimum Gasteiger partial charge on any atom is -0.374 e. The van der Waals surface area contributed by atoms with Crippen LogP contribution in [-0.4, -0.2) is 16.6 Å². The molecule has 3 nitrogen and oxygen atoms in total. The van der Waals surface area contributed by atoms with Gasteiger partial charge in [0.25, 0.3) is 0 Å². The molecule has 0 aliphatic carbocycles. The minimum atomic E-state index is -0.802. The summed E-state index contributed by atoms with van der Waals surface area (Å²) in [5.41, 5.74) is 0. The van der Waals surface area contributed by atoms with Crippen LogP contribution in [0.4, 0.5) is 4.39 Å². The van der Waals surface area contributed by atoms with Crippen LogP contribution in [0.5, 0.6) is 0 Å². The van der Waals surface area contributed by atoms with Crippen molar-refractivity contribution in [2.24, 2.45) is 0 Å². The van der Waals surface area contributed by atoms with Gasteiger partial charge < -0.3 is 4.74 Å². The van der Waals surface area contributed by atoms with Crippen molar-refractivity contribution in [3.63, 3.8) is 0 Å². The van der Waals surface area contributed by atoms with Gasteiger partial charge in [-0.25, -0.2) is 14.4 Å². The number of hydrogen-bond acceptors (Lipinski definition) is 3. The zero-order valence-corrected chi connectivity index (χ0v) is 8.36. The Balaban J connectivity index is 2.86. The molecule has 0 aliphatic heterocycles. The van der Waals surface area contributed by atoms with Gasteiger partial charge in [0.1, 0.15) is 6.61 Å². The third kappa shape index (κ3) is 2.76. The summed E-state index contributed by atoms with van der Waals surface area (Å²) in [7, 11) is 0. The highest BCUT2D eigenvalue weighted by Crippen LogP contribution is 2.18. The molecule has 1 aromatic rings. The Kier molecular flexibility index (Phi) is 3.84. The first kappa shape index (κ1) is 10.6. The summed E-state index contributed by atoms with van der Waals surface area (Å²) < 4.78 is 17.8. The molecule has 0 aromatic carbocycles. The van der Waals surface area contributed by atoms with Crippen molar-refractivity contribution in [1.82, 2.24) is 9.97 Å². The lowest BCUT2D eigenvalue weighted by atomic mass is 10.5. The summed E-state index contributed by atoms with van der Waals surface area (Å²) in [6, 6.07) is 0. The molecule has 1 aromatic heterocycles. The first-order valence-corrected chi connectivity index (χ1v) is 4.36. The van der Waals surface area contributed by atoms with Crippen LogP contribution in [0.1, 0.15) is 12.7 Å². The van der Waals surface area contributed by atoms with Crippen molar-refractivity contribution in [1.29, 1.82) is 0 Å². The number of halogens is 3. The second kappa shape index (κ2) is 4.69. The maximum absolute atomic E-state index is 12.8. The largest absolute Gasteiger partial charge is 0.374 e. The molecule has 0 radical (unpaired) electrons. The predicted molar refractivity (Wildman–Crippen MR) is 47.3 cm³/mol. The second-order valence-corrected chi connectivity index (χ2v) is 2.89. The van der Waals surface area contributed by atoms with Crippen LogP contribution < -0.4 is 0 Å². The maximum Gasteiger partial charge on any atom is 0.197 e. The SMILES string of the molecule is CCOCc1nc(Cl)c(F)c(Cl)n1. The van der Waals surface area contributed by atoms with Gasteiger partial charge in [0.2, 0.25) is 0 Å². The van der Waals surface area contributed by atoms with Gasteiger partial charge >= 0.3 is 0 Å². The third-order valence-corrected chi connectivity index (χ3v) is 1.75. The van der Waals surface area contributed by atoms with Gasteiger partial charge in [0.05, 0.1) is 0 Å². The minimum absolute atomic E-state index is 0.177. The number of nitrogens with zero attached hydrogens (tertiary/aromatic N) is 2. The molecule has 0 saturated heterocycles. The van der Waals surface area contributed by atoms with Gasteiger partial charge in [-0.05, 0) is 6.92 Å². The second-order valence-electron chi connectivity index (χ2n) is 2.17. The Morgan fingerprint density at radius 3 is 2.31 bits per heavy atom. The molecule has 0 saturated carbocycles. The van der Waals surface area contributed by atoms with E-state index < -0.39 is 5.82 Å². The first-order chi connectivity index (χ1) is 6.15. The summed E-state index contributed by atoms with van der Waals surface area (Å²) in [5, 5.41) is -0.565. The fourth-order valence-corrected chi connectivity index (χ4v) is 1.12. The van der Waals surface area contributed by atoms with Gasteiger partial charge in [0.15, 0.2) is 21.9 Å². The van der Waals surface area contributed by atoms with Gasteiger partial charge in [-0.15, -0.1) is 0 Å². The summed E-state index contributed by atoms with van der Waals surface area (Å²) >= 11 is 10.9. The van der Waals surface area contributed by atoms with Crippen molar-refractivity contribution >= 4 is 23.2 Å². The molecular formula is C7H7Cl2FN2O. The molecule has 0 fully saturated rings. The lowest BCUT2D eigenvalue weighted by Crippen LogP contribution is -2.01. The van der Waals surface area contributed by atoms with Gasteiger partial charge in [-0.3, -0.25) is 0 Å². The van der Waals surface area contributed by atoms with Crippen LogP contribution in [0.15, 0.2) is 0 Å². The average molecular weight is 225 g/mol. The van der Waals surface area contributed by atoms with E-state index in [1.165, 1.54) is 0 Å². The van der Waals surface area contributed by atoms with Crippen LogP contribution in [-0.2, 0) is 11.3 Å². The summed E-state index contributed by atoms with van der Waals surface area (Å²) in [6.45, 7) is 2.53. The normalized spacial score (nSPS) is 10.5. The van der Waals surface area contributed by atoms with Crippen LogP contribution >= 0.6 is 23.2 Å². The van der Waals surface area contributed by atoms with E-state index in [2.05, 4.69) is 9.97 Å². The van der Waals surface area contributed by atoms with Gasteiger partial charge in [-0.1, -0.05) is 23.2 Å². The lowest BCUT2D eigenvalue weighted by Gasteiger charge is -2.02. The molecule has 1 rings (SSSR count). The zero-order valence-electron chi connectivity index (χ0n) is 6.85. The lowest BCUT2D eigenvalue weighted by molar-refractivity contribution is 0.128. The van der Waals surface area contributed by atoms with Crippen molar-refractivity contribution in [3.8, 4) is 0 Å². The standard InChI is InChI=1S/C7H7Cl2FN2O/c1-2-13-3-4-11-6(8)5(10)7(9)12-4/h2-3H2,1H3. The van der Waals surface area contributed by atoms with E-state index in [9.17, 15) is 4.39 Å². The van der Waals surface area contributed by atoms with E-state index in [1.807, 2.05) is 6.92 Å². The number of hydrogen-bond donors (Lipinski definition) is 0. The molecule has 1 heterocycles. The van der Waals surface area contributed by atoms with E-state index in [-0.39, 0.29) is 22.7 Å². The smallest absolute Gasteiger partial charge is 0.197 e. The molecular weight excluding hydrogens is 218 g/mol. The summed E-state index contributed by atoms with van der Waals surface area (Å²) in [6.07, 6.45) is 0. The molecule has 0 spiro atoms. The van der Waals surface area contributed by atoms with Crippen molar-refractivity contribution in [2.75, 3.05) is 6.61 Å².